The van der Waals surface area contributed by atoms with Gasteiger partial charge in [0.25, 0.3) is 5.56 Å². The Kier molecular flexibility index (Phi) is 5.40. The second-order valence-corrected chi connectivity index (χ2v) is 6.79. The van der Waals surface area contributed by atoms with Crippen molar-refractivity contribution in [2.75, 3.05) is 0 Å². The Labute approximate surface area is 134 Å². The summed E-state index contributed by atoms with van der Waals surface area (Å²) in [6, 6.07) is 11.8. The molecule has 0 saturated heterocycles. The molecular weight excluding hydrogens is 294 g/mol. The van der Waals surface area contributed by atoms with Crippen molar-refractivity contribution < 1.29 is 0 Å². The molecule has 1 unspecified atom stereocenters. The van der Waals surface area contributed by atoms with Crippen LogP contribution in [0.3, 0.4) is 0 Å². The van der Waals surface area contributed by atoms with E-state index in [-0.39, 0.29) is 5.56 Å². The van der Waals surface area contributed by atoms with E-state index in [1.807, 2.05) is 51.1 Å². The Hall–Kier alpha value is -2.06. The number of nitrogens with one attached hydrogen (secondary N) is 1. The van der Waals surface area contributed by atoms with E-state index in [1.54, 1.807) is 0 Å². The van der Waals surface area contributed by atoms with Gasteiger partial charge in [-0.2, -0.15) is 5.26 Å². The van der Waals surface area contributed by atoms with Crippen molar-refractivity contribution in [2.45, 2.75) is 43.5 Å². The Balaban J connectivity index is 2.58. The summed E-state index contributed by atoms with van der Waals surface area (Å²) >= 11 is 1.49. The number of nitriles is 1. The summed E-state index contributed by atoms with van der Waals surface area (Å²) < 4.78 is 0. The summed E-state index contributed by atoms with van der Waals surface area (Å²) in [5.41, 5.74) is 1.87. The molecule has 0 aliphatic rings. The highest BCUT2D eigenvalue weighted by Crippen LogP contribution is 2.26. The fourth-order valence-corrected chi connectivity index (χ4v) is 3.04. The smallest absolute Gasteiger partial charge is 0.255 e. The largest absolute Gasteiger partial charge is 0.301 e. The van der Waals surface area contributed by atoms with E-state index in [0.29, 0.717) is 28.1 Å². The van der Waals surface area contributed by atoms with E-state index in [9.17, 15) is 10.1 Å². The van der Waals surface area contributed by atoms with Crippen molar-refractivity contribution in [2.24, 2.45) is 0 Å². The lowest BCUT2D eigenvalue weighted by molar-refractivity contribution is 0.804. The Bertz CT molecular complexity index is 732. The summed E-state index contributed by atoms with van der Waals surface area (Å²) in [4.78, 5) is 19.7. The lowest BCUT2D eigenvalue weighted by Crippen LogP contribution is -2.20. The zero-order chi connectivity index (χ0) is 16.1. The molecule has 1 atom stereocenters. The minimum atomic E-state index is -0.523. The lowest BCUT2D eigenvalue weighted by atomic mass is 9.93. The van der Waals surface area contributed by atoms with Crippen LogP contribution in [-0.4, -0.2) is 15.2 Å². The fraction of sp³-hybridized carbons (Fsp3) is 0.353. The molecule has 0 fully saturated rings. The van der Waals surface area contributed by atoms with Crippen LogP contribution in [0.25, 0.3) is 0 Å². The molecule has 1 aromatic carbocycles. The molecule has 0 aliphatic carbocycles. The first-order valence-corrected chi connectivity index (χ1v) is 8.19. The fourth-order valence-electron chi connectivity index (χ4n) is 2.29. The Morgan fingerprint density at radius 2 is 2.00 bits per heavy atom. The third-order valence-electron chi connectivity index (χ3n) is 3.26. The number of H-pyrrole nitrogens is 1. The lowest BCUT2D eigenvalue weighted by Gasteiger charge is -2.14. The van der Waals surface area contributed by atoms with Crippen LogP contribution < -0.4 is 5.56 Å². The summed E-state index contributed by atoms with van der Waals surface area (Å²) in [6.45, 7) is 5.98. The third kappa shape index (κ3) is 3.58. The maximum absolute atomic E-state index is 12.3. The van der Waals surface area contributed by atoms with Crippen LogP contribution in [0.1, 0.15) is 43.5 Å². The van der Waals surface area contributed by atoms with Gasteiger partial charge in [-0.05, 0) is 12.0 Å². The molecule has 0 aliphatic heterocycles. The van der Waals surface area contributed by atoms with Crippen LogP contribution in [-0.2, 0) is 6.42 Å². The van der Waals surface area contributed by atoms with E-state index in [0.717, 1.165) is 5.56 Å². The minimum Gasteiger partial charge on any atom is -0.301 e. The molecule has 0 radical (unpaired) electrons. The molecule has 4 nitrogen and oxygen atoms in total. The van der Waals surface area contributed by atoms with E-state index in [1.165, 1.54) is 11.8 Å². The third-order valence-corrected chi connectivity index (χ3v) is 4.15. The van der Waals surface area contributed by atoms with Crippen molar-refractivity contribution >= 4 is 11.8 Å². The molecule has 0 amide bonds. The van der Waals surface area contributed by atoms with Crippen LogP contribution in [0.4, 0.5) is 0 Å². The van der Waals surface area contributed by atoms with Gasteiger partial charge in [-0.25, -0.2) is 4.98 Å². The van der Waals surface area contributed by atoms with Gasteiger partial charge in [-0.3, -0.25) is 4.79 Å². The monoisotopic (exact) mass is 313 g/mol. The van der Waals surface area contributed by atoms with Crippen LogP contribution in [0.15, 0.2) is 40.3 Å². The molecule has 2 aromatic rings. The van der Waals surface area contributed by atoms with Gasteiger partial charge in [0.05, 0.1) is 11.8 Å². The van der Waals surface area contributed by atoms with Gasteiger partial charge < -0.3 is 4.98 Å². The number of thioether (sulfide) groups is 1. The number of aromatic amines is 1. The molecule has 1 aromatic heterocycles. The summed E-state index contributed by atoms with van der Waals surface area (Å²) in [7, 11) is 0. The number of aromatic nitrogens is 2. The maximum atomic E-state index is 12.3. The molecule has 1 heterocycles. The Morgan fingerprint density at radius 1 is 1.32 bits per heavy atom. The number of benzene rings is 1. The van der Waals surface area contributed by atoms with Gasteiger partial charge >= 0.3 is 0 Å². The van der Waals surface area contributed by atoms with Crippen molar-refractivity contribution in [1.29, 1.82) is 5.26 Å². The van der Waals surface area contributed by atoms with Crippen molar-refractivity contribution in [3.63, 3.8) is 0 Å². The summed E-state index contributed by atoms with van der Waals surface area (Å²) in [6.07, 6.45) is 0.551. The predicted molar refractivity (Wildman–Crippen MR) is 89.1 cm³/mol. The van der Waals surface area contributed by atoms with E-state index >= 15 is 0 Å². The van der Waals surface area contributed by atoms with Crippen LogP contribution in [0, 0.1) is 11.3 Å². The molecule has 1 N–H and O–H groups in total. The second kappa shape index (κ2) is 7.28. The molecule has 114 valence electrons. The van der Waals surface area contributed by atoms with Gasteiger partial charge in [-0.1, -0.05) is 62.9 Å². The summed E-state index contributed by atoms with van der Waals surface area (Å²) in [5, 5.41) is 10.5. The highest BCUT2D eigenvalue weighted by atomic mass is 32.2. The number of nitrogens with zero attached hydrogens (tertiary/aromatic N) is 2. The molecule has 0 saturated carbocycles. The molecule has 22 heavy (non-hydrogen) atoms. The molecule has 0 spiro atoms. The van der Waals surface area contributed by atoms with Gasteiger partial charge in [0.1, 0.15) is 5.92 Å². The van der Waals surface area contributed by atoms with Gasteiger partial charge in [0, 0.05) is 10.8 Å². The first-order chi connectivity index (χ1) is 10.6. The normalized spacial score (nSPS) is 12.1. The van der Waals surface area contributed by atoms with E-state index < -0.39 is 5.92 Å². The average molecular weight is 313 g/mol. The second-order valence-electron chi connectivity index (χ2n) is 5.23. The van der Waals surface area contributed by atoms with Crippen molar-refractivity contribution in [3.8, 4) is 6.07 Å². The predicted octanol–water partition coefficient (Wildman–Crippen LogP) is 3.49. The van der Waals surface area contributed by atoms with Crippen LogP contribution in [0.5, 0.6) is 0 Å². The maximum Gasteiger partial charge on any atom is 0.255 e. The van der Waals surface area contributed by atoms with Gasteiger partial charge in [0.2, 0.25) is 0 Å². The van der Waals surface area contributed by atoms with E-state index in [2.05, 4.69) is 16.0 Å². The van der Waals surface area contributed by atoms with Gasteiger partial charge in [0.15, 0.2) is 5.16 Å². The first-order valence-electron chi connectivity index (χ1n) is 7.31. The molecular formula is C17H19N3OS. The average Bonchev–Trinajstić information content (AvgIpc) is 2.48. The number of hydrogen-bond donors (Lipinski definition) is 1. The molecule has 0 bridgehead atoms. The minimum absolute atomic E-state index is 0.146. The quantitative estimate of drug-likeness (QED) is 0.677. The Morgan fingerprint density at radius 3 is 2.55 bits per heavy atom. The van der Waals surface area contributed by atoms with E-state index in [4.69, 9.17) is 0 Å². The van der Waals surface area contributed by atoms with Crippen LogP contribution >= 0.6 is 11.8 Å². The zero-order valence-corrected chi connectivity index (χ0v) is 13.8. The van der Waals surface area contributed by atoms with Gasteiger partial charge in [-0.15, -0.1) is 0 Å². The highest BCUT2D eigenvalue weighted by Gasteiger charge is 2.21. The number of hydrogen-bond acceptors (Lipinski definition) is 4. The highest BCUT2D eigenvalue weighted by molar-refractivity contribution is 7.99. The van der Waals surface area contributed by atoms with Crippen molar-refractivity contribution in [3.05, 3.63) is 57.5 Å². The summed E-state index contributed by atoms with van der Waals surface area (Å²) in [5.74, 6) is -0.523. The van der Waals surface area contributed by atoms with Crippen molar-refractivity contribution in [1.82, 2.24) is 9.97 Å². The SMILES string of the molecule is CCc1c(C(C#N)c2ccccc2)nc(SC(C)C)[nH]c1=O. The topological polar surface area (TPSA) is 69.5 Å². The molecule has 5 heteroatoms. The van der Waals surface area contributed by atoms with Crippen LogP contribution in [0.2, 0.25) is 0 Å². The molecule has 2 rings (SSSR count). The number of rotatable bonds is 5. The standard InChI is InChI=1S/C17H19N3OS/c1-4-13-15(14(10-18)12-8-6-5-7-9-12)19-17(20-16(13)21)22-11(2)3/h5-9,11,14H,4H2,1-3H3,(H,19,20,21). The zero-order valence-electron chi connectivity index (χ0n) is 13.0. The first kappa shape index (κ1) is 16.3.